The van der Waals surface area contributed by atoms with Gasteiger partial charge in [-0.15, -0.1) is 0 Å². The van der Waals surface area contributed by atoms with Crippen LogP contribution in [0.4, 0.5) is 11.4 Å². The van der Waals surface area contributed by atoms with Gasteiger partial charge in [-0.3, -0.25) is 10.1 Å². The summed E-state index contributed by atoms with van der Waals surface area (Å²) in [5.41, 5.74) is 6.61. The summed E-state index contributed by atoms with van der Waals surface area (Å²) >= 11 is 0. The van der Waals surface area contributed by atoms with Crippen LogP contribution in [0.2, 0.25) is 0 Å². The van der Waals surface area contributed by atoms with Crippen molar-refractivity contribution in [3.05, 3.63) is 47.0 Å². The predicted molar refractivity (Wildman–Crippen MR) is 120 cm³/mol. The van der Waals surface area contributed by atoms with Crippen molar-refractivity contribution in [2.45, 2.75) is 37.1 Å². The van der Waals surface area contributed by atoms with E-state index in [4.69, 9.17) is 10.5 Å². The number of carbonyl (C=O) groups excluding carboxylic acids is 2. The van der Waals surface area contributed by atoms with E-state index in [1.807, 2.05) is 0 Å². The summed E-state index contributed by atoms with van der Waals surface area (Å²) in [5.74, 6) is -0.845. The van der Waals surface area contributed by atoms with Gasteiger partial charge in [0.2, 0.25) is 5.91 Å². The second-order valence-corrected chi connectivity index (χ2v) is 9.75. The van der Waals surface area contributed by atoms with Crippen LogP contribution in [-0.4, -0.2) is 45.9 Å². The summed E-state index contributed by atoms with van der Waals surface area (Å²) in [7, 11) is -0.948. The maximum absolute atomic E-state index is 13.0. The predicted octanol–water partition coefficient (Wildman–Crippen LogP) is 2.17. The van der Waals surface area contributed by atoms with Crippen LogP contribution < -0.4 is 21.1 Å². The molecule has 1 saturated carbocycles. The van der Waals surface area contributed by atoms with Crippen LogP contribution in [0.15, 0.2) is 35.2 Å². The van der Waals surface area contributed by atoms with E-state index in [1.165, 1.54) is 20.3 Å². The minimum Gasteiger partial charge on any atom is -0.497 e. The van der Waals surface area contributed by atoms with Gasteiger partial charge in [0, 0.05) is 0 Å². The molecule has 1 aliphatic rings. The second kappa shape index (κ2) is 8.79. The van der Waals surface area contributed by atoms with Gasteiger partial charge in [-0.25, -0.2) is 13.2 Å². The molecule has 0 atom stereocenters. The van der Waals surface area contributed by atoms with Crippen molar-refractivity contribution in [1.29, 1.82) is 0 Å². The number of rotatable bonds is 8. The third-order valence-corrected chi connectivity index (χ3v) is 7.32. The minimum absolute atomic E-state index is 0.0839. The van der Waals surface area contributed by atoms with Crippen molar-refractivity contribution in [1.82, 2.24) is 5.32 Å². The molecular weight excluding hydrogens is 434 g/mol. The molecule has 172 valence electrons. The lowest BCUT2D eigenvalue weighted by Crippen LogP contribution is -2.45. The molecule has 0 bridgehead atoms. The van der Waals surface area contributed by atoms with E-state index in [2.05, 4.69) is 15.4 Å². The first-order chi connectivity index (χ1) is 15.0. The van der Waals surface area contributed by atoms with Gasteiger partial charge in [0.15, 0.2) is 9.84 Å². The van der Waals surface area contributed by atoms with Crippen LogP contribution in [0.25, 0.3) is 0 Å². The number of sulfone groups is 1. The molecule has 9 nitrogen and oxygen atoms in total. The number of nitrogens with two attached hydrogens (primary N) is 1. The maximum Gasteiger partial charge on any atom is 0.340 e. The van der Waals surface area contributed by atoms with Crippen molar-refractivity contribution in [2.75, 3.05) is 31.1 Å². The topological polar surface area (TPSA) is 137 Å². The summed E-state index contributed by atoms with van der Waals surface area (Å²) in [5, 5.41) is 5.62. The number of ether oxygens (including phenoxy) is 2. The SMILES string of the molecule is COC(=O)c1cccc(NC(=O)C2(NCS(=O)(=O)c3c(C)cc(OC)cc3C)CC2)c1N. The number of benzene rings is 2. The summed E-state index contributed by atoms with van der Waals surface area (Å²) in [6.45, 7) is 3.41. The molecule has 0 saturated heterocycles. The molecule has 3 rings (SSSR count). The van der Waals surface area contributed by atoms with Crippen molar-refractivity contribution in [3.8, 4) is 5.75 Å². The Bertz CT molecular complexity index is 1150. The Labute approximate surface area is 187 Å². The average molecular weight is 462 g/mol. The number of hydrogen-bond donors (Lipinski definition) is 3. The first-order valence-corrected chi connectivity index (χ1v) is 11.6. The smallest absolute Gasteiger partial charge is 0.340 e. The standard InChI is InChI=1S/C22H27N3O6S/c1-13-10-15(30-3)11-14(2)19(13)32(28,29)12-24-22(8-9-22)21(27)25-17-7-5-6-16(18(17)23)20(26)31-4/h5-7,10-11,24H,8-9,12,23H2,1-4H3,(H,25,27). The normalized spacial score (nSPS) is 14.5. The van der Waals surface area contributed by atoms with Crippen molar-refractivity contribution in [3.63, 3.8) is 0 Å². The number of carbonyl (C=O) groups is 2. The van der Waals surface area contributed by atoms with Crippen molar-refractivity contribution >= 4 is 33.1 Å². The monoisotopic (exact) mass is 461 g/mol. The zero-order valence-electron chi connectivity index (χ0n) is 18.4. The van der Waals surface area contributed by atoms with Gasteiger partial charge in [-0.05, 0) is 62.1 Å². The van der Waals surface area contributed by atoms with E-state index in [1.54, 1.807) is 38.1 Å². The Morgan fingerprint density at radius 1 is 1.12 bits per heavy atom. The molecular formula is C22H27N3O6S. The Morgan fingerprint density at radius 3 is 2.28 bits per heavy atom. The number of para-hydroxylation sites is 1. The molecule has 1 aliphatic carbocycles. The summed E-state index contributed by atoms with van der Waals surface area (Å²) < 4.78 is 35.9. The summed E-state index contributed by atoms with van der Waals surface area (Å²) in [4.78, 5) is 25.0. The Morgan fingerprint density at radius 2 is 1.75 bits per heavy atom. The fourth-order valence-electron chi connectivity index (χ4n) is 3.64. The van der Waals surface area contributed by atoms with E-state index >= 15 is 0 Å². The van der Waals surface area contributed by atoms with E-state index in [0.717, 1.165) is 0 Å². The molecule has 0 aromatic heterocycles. The van der Waals surface area contributed by atoms with E-state index < -0.39 is 33.1 Å². The van der Waals surface area contributed by atoms with E-state index in [0.29, 0.717) is 29.7 Å². The molecule has 0 spiro atoms. The number of anilines is 2. The van der Waals surface area contributed by atoms with Crippen LogP contribution in [0.3, 0.4) is 0 Å². The highest BCUT2D eigenvalue weighted by Gasteiger charge is 2.50. The number of hydrogen-bond acceptors (Lipinski definition) is 8. The number of aryl methyl sites for hydroxylation is 2. The quantitative estimate of drug-likeness (QED) is 0.402. The fraction of sp³-hybridized carbons (Fsp3) is 0.364. The number of methoxy groups -OCH3 is 2. The minimum atomic E-state index is -3.71. The average Bonchev–Trinajstić information content (AvgIpc) is 3.54. The molecule has 32 heavy (non-hydrogen) atoms. The van der Waals surface area contributed by atoms with Gasteiger partial charge in [-0.1, -0.05) is 6.07 Å². The molecule has 4 N–H and O–H groups in total. The van der Waals surface area contributed by atoms with Crippen LogP contribution in [-0.2, 0) is 19.4 Å². The van der Waals surface area contributed by atoms with Crippen LogP contribution in [0, 0.1) is 13.8 Å². The molecule has 0 heterocycles. The lowest BCUT2D eigenvalue weighted by atomic mass is 10.1. The number of nitrogens with one attached hydrogen (secondary N) is 2. The molecule has 0 aliphatic heterocycles. The molecule has 1 fully saturated rings. The van der Waals surface area contributed by atoms with Gasteiger partial charge in [0.05, 0.1) is 41.6 Å². The van der Waals surface area contributed by atoms with Gasteiger partial charge >= 0.3 is 5.97 Å². The van der Waals surface area contributed by atoms with Crippen LogP contribution >= 0.6 is 0 Å². The van der Waals surface area contributed by atoms with E-state index in [-0.39, 0.29) is 21.8 Å². The van der Waals surface area contributed by atoms with E-state index in [9.17, 15) is 18.0 Å². The first kappa shape index (κ1) is 23.6. The highest BCUT2D eigenvalue weighted by Crippen LogP contribution is 2.38. The molecule has 2 aromatic carbocycles. The third-order valence-electron chi connectivity index (χ3n) is 5.53. The lowest BCUT2D eigenvalue weighted by molar-refractivity contribution is -0.119. The molecule has 2 aromatic rings. The largest absolute Gasteiger partial charge is 0.497 e. The maximum atomic E-state index is 13.0. The van der Waals surface area contributed by atoms with Gasteiger partial charge < -0.3 is 20.5 Å². The summed E-state index contributed by atoms with van der Waals surface area (Å²) in [6, 6.07) is 7.96. The highest BCUT2D eigenvalue weighted by molar-refractivity contribution is 7.91. The Kier molecular flexibility index (Phi) is 6.47. The molecule has 0 radical (unpaired) electrons. The number of amides is 1. The second-order valence-electron chi connectivity index (χ2n) is 7.82. The van der Waals surface area contributed by atoms with Crippen molar-refractivity contribution < 1.29 is 27.5 Å². The van der Waals surface area contributed by atoms with Crippen LogP contribution in [0.5, 0.6) is 5.75 Å². The first-order valence-electron chi connectivity index (χ1n) is 9.96. The fourth-order valence-corrected chi connectivity index (χ4v) is 5.35. The number of esters is 1. The molecule has 10 heteroatoms. The van der Waals surface area contributed by atoms with Crippen LogP contribution in [0.1, 0.15) is 34.3 Å². The highest BCUT2D eigenvalue weighted by atomic mass is 32.2. The van der Waals surface area contributed by atoms with Gasteiger partial charge in [0.25, 0.3) is 0 Å². The van der Waals surface area contributed by atoms with Crippen molar-refractivity contribution in [2.24, 2.45) is 0 Å². The van der Waals surface area contributed by atoms with Gasteiger partial charge in [-0.2, -0.15) is 0 Å². The summed E-state index contributed by atoms with van der Waals surface area (Å²) in [6.07, 6.45) is 0.955. The molecule has 1 amide bonds. The zero-order valence-corrected chi connectivity index (χ0v) is 19.3. The lowest BCUT2D eigenvalue weighted by Gasteiger charge is -2.20. The third kappa shape index (κ3) is 4.56. The molecule has 0 unspecified atom stereocenters. The number of nitrogen functional groups attached to an aromatic ring is 1. The van der Waals surface area contributed by atoms with Gasteiger partial charge in [0.1, 0.15) is 11.6 Å². The Hall–Kier alpha value is -3.11. The Balaban J connectivity index is 1.76. The zero-order chi connectivity index (χ0) is 23.7.